The van der Waals surface area contributed by atoms with Gasteiger partial charge in [0.1, 0.15) is 0 Å². The Kier molecular flexibility index (Phi) is 5.98. The van der Waals surface area contributed by atoms with E-state index in [1.54, 1.807) is 12.1 Å². The number of para-hydroxylation sites is 2. The highest BCUT2D eigenvalue weighted by molar-refractivity contribution is 6.45. The van der Waals surface area contributed by atoms with E-state index in [-0.39, 0.29) is 0 Å². The summed E-state index contributed by atoms with van der Waals surface area (Å²) in [5, 5.41) is 5.71. The van der Waals surface area contributed by atoms with Crippen LogP contribution < -0.4 is 15.5 Å². The molecule has 27 heavy (non-hydrogen) atoms. The van der Waals surface area contributed by atoms with Crippen LogP contribution >= 0.6 is 11.6 Å². The number of anilines is 3. The second-order valence-corrected chi connectivity index (χ2v) is 6.87. The number of carbonyl (C=O) groups excluding carboxylic acids is 2. The second kappa shape index (κ2) is 8.41. The molecule has 2 N–H and O–H groups in total. The van der Waals surface area contributed by atoms with Gasteiger partial charge >= 0.3 is 11.8 Å². The Labute approximate surface area is 163 Å². The first-order valence-corrected chi connectivity index (χ1v) is 9.14. The summed E-state index contributed by atoms with van der Waals surface area (Å²) in [6, 6.07) is 11.1. The van der Waals surface area contributed by atoms with Gasteiger partial charge in [-0.2, -0.15) is 0 Å². The summed E-state index contributed by atoms with van der Waals surface area (Å²) in [5.74, 6) is -1.51. The Balaban J connectivity index is 1.73. The maximum Gasteiger partial charge on any atom is 0.314 e. The SMILES string of the molecule is Cc1cc(C)c(NC(=O)C(=O)Nc2ccccc2N2CCOCC2)c(Cl)c1. The first-order chi connectivity index (χ1) is 13.0. The van der Waals surface area contributed by atoms with E-state index in [1.165, 1.54) is 0 Å². The molecule has 2 aromatic carbocycles. The standard InChI is InChI=1S/C20H22ClN3O3/c1-13-11-14(2)18(15(21)12-13)23-20(26)19(25)22-16-5-3-4-6-17(16)24-7-9-27-10-8-24/h3-6,11-12H,7-10H2,1-2H3,(H,22,25)(H,23,26). The predicted octanol–water partition coefficient (Wildman–Crippen LogP) is 3.37. The highest BCUT2D eigenvalue weighted by Crippen LogP contribution is 2.28. The van der Waals surface area contributed by atoms with E-state index in [4.69, 9.17) is 16.3 Å². The van der Waals surface area contributed by atoms with Crippen molar-refractivity contribution in [3.8, 4) is 0 Å². The van der Waals surface area contributed by atoms with Gasteiger partial charge in [-0.15, -0.1) is 0 Å². The molecule has 1 aliphatic rings. The number of morpholine rings is 1. The minimum Gasteiger partial charge on any atom is -0.378 e. The second-order valence-electron chi connectivity index (χ2n) is 6.46. The van der Waals surface area contributed by atoms with E-state index < -0.39 is 11.8 Å². The molecule has 1 heterocycles. The van der Waals surface area contributed by atoms with Crippen molar-refractivity contribution in [2.24, 2.45) is 0 Å². The molecule has 3 rings (SSSR count). The number of rotatable bonds is 3. The summed E-state index contributed by atoms with van der Waals surface area (Å²) in [7, 11) is 0. The predicted molar refractivity (Wildman–Crippen MR) is 108 cm³/mol. The molecule has 0 saturated carbocycles. The Morgan fingerprint density at radius 3 is 2.41 bits per heavy atom. The van der Waals surface area contributed by atoms with E-state index in [2.05, 4.69) is 15.5 Å². The van der Waals surface area contributed by atoms with Gasteiger partial charge in [0.15, 0.2) is 0 Å². The molecule has 1 aliphatic heterocycles. The first-order valence-electron chi connectivity index (χ1n) is 8.76. The van der Waals surface area contributed by atoms with Crippen LogP contribution in [0.15, 0.2) is 36.4 Å². The van der Waals surface area contributed by atoms with Crippen molar-refractivity contribution in [2.45, 2.75) is 13.8 Å². The number of hydrogen-bond acceptors (Lipinski definition) is 4. The fraction of sp³-hybridized carbons (Fsp3) is 0.300. The number of hydrogen-bond donors (Lipinski definition) is 2. The Morgan fingerprint density at radius 2 is 1.70 bits per heavy atom. The number of halogens is 1. The molecule has 2 aromatic rings. The third-order valence-electron chi connectivity index (χ3n) is 4.38. The number of nitrogens with one attached hydrogen (secondary N) is 2. The van der Waals surface area contributed by atoms with Crippen LogP contribution in [-0.4, -0.2) is 38.1 Å². The van der Waals surface area contributed by atoms with Gasteiger partial charge in [-0.25, -0.2) is 0 Å². The average Bonchev–Trinajstić information content (AvgIpc) is 2.65. The van der Waals surface area contributed by atoms with Gasteiger partial charge in [0.05, 0.1) is 35.3 Å². The quantitative estimate of drug-likeness (QED) is 0.792. The summed E-state index contributed by atoms with van der Waals surface area (Å²) in [4.78, 5) is 26.9. The van der Waals surface area contributed by atoms with Crippen LogP contribution in [0.25, 0.3) is 0 Å². The van der Waals surface area contributed by atoms with E-state index in [9.17, 15) is 9.59 Å². The fourth-order valence-electron chi connectivity index (χ4n) is 3.08. The molecule has 0 aromatic heterocycles. The molecule has 0 aliphatic carbocycles. The van der Waals surface area contributed by atoms with E-state index in [0.29, 0.717) is 29.6 Å². The van der Waals surface area contributed by atoms with Crippen molar-refractivity contribution in [1.82, 2.24) is 0 Å². The van der Waals surface area contributed by atoms with Gasteiger partial charge < -0.3 is 20.3 Å². The number of carbonyl (C=O) groups is 2. The molecule has 0 radical (unpaired) electrons. The zero-order valence-corrected chi connectivity index (χ0v) is 16.1. The minimum atomic E-state index is -0.763. The fourth-order valence-corrected chi connectivity index (χ4v) is 3.45. The molecule has 0 unspecified atom stereocenters. The third kappa shape index (κ3) is 4.59. The Morgan fingerprint density at radius 1 is 1.04 bits per heavy atom. The number of amides is 2. The summed E-state index contributed by atoms with van der Waals surface area (Å²) in [5.41, 5.74) is 3.69. The topological polar surface area (TPSA) is 70.7 Å². The lowest BCUT2D eigenvalue weighted by Crippen LogP contribution is -2.37. The van der Waals surface area contributed by atoms with Crippen LogP contribution in [0.3, 0.4) is 0 Å². The third-order valence-corrected chi connectivity index (χ3v) is 4.68. The molecule has 0 bridgehead atoms. The zero-order valence-electron chi connectivity index (χ0n) is 15.3. The van der Waals surface area contributed by atoms with Crippen molar-refractivity contribution >= 4 is 40.5 Å². The molecular formula is C20H22ClN3O3. The molecule has 0 spiro atoms. The summed E-state index contributed by atoms with van der Waals surface area (Å²) in [6.07, 6.45) is 0. The first kappa shape index (κ1) is 19.2. The lowest BCUT2D eigenvalue weighted by atomic mass is 10.1. The molecular weight excluding hydrogens is 366 g/mol. The lowest BCUT2D eigenvalue weighted by Gasteiger charge is -2.30. The molecule has 0 atom stereocenters. The average molecular weight is 388 g/mol. The molecule has 2 amide bonds. The van der Waals surface area contributed by atoms with Crippen LogP contribution in [0, 0.1) is 13.8 Å². The van der Waals surface area contributed by atoms with Crippen LogP contribution in [0.1, 0.15) is 11.1 Å². The highest BCUT2D eigenvalue weighted by Gasteiger charge is 2.20. The van der Waals surface area contributed by atoms with Gasteiger partial charge in [-0.1, -0.05) is 29.8 Å². The monoisotopic (exact) mass is 387 g/mol. The summed E-state index contributed by atoms with van der Waals surface area (Å²) in [6.45, 7) is 6.48. The van der Waals surface area contributed by atoms with Gasteiger partial charge in [0.2, 0.25) is 0 Å². The van der Waals surface area contributed by atoms with Gasteiger partial charge in [-0.05, 0) is 43.2 Å². The zero-order chi connectivity index (χ0) is 19.4. The smallest absolute Gasteiger partial charge is 0.314 e. The van der Waals surface area contributed by atoms with Crippen molar-refractivity contribution in [3.05, 3.63) is 52.5 Å². The van der Waals surface area contributed by atoms with E-state index >= 15 is 0 Å². The lowest BCUT2D eigenvalue weighted by molar-refractivity contribution is -0.132. The normalized spacial score (nSPS) is 14.0. The largest absolute Gasteiger partial charge is 0.378 e. The molecule has 1 fully saturated rings. The van der Waals surface area contributed by atoms with Crippen molar-refractivity contribution in [1.29, 1.82) is 0 Å². The highest BCUT2D eigenvalue weighted by atomic mass is 35.5. The van der Waals surface area contributed by atoms with Gasteiger partial charge in [-0.3, -0.25) is 9.59 Å². The van der Waals surface area contributed by atoms with Crippen LogP contribution in [0.5, 0.6) is 0 Å². The van der Waals surface area contributed by atoms with E-state index in [0.717, 1.165) is 29.9 Å². The van der Waals surface area contributed by atoms with Crippen molar-refractivity contribution < 1.29 is 14.3 Å². The number of ether oxygens (including phenoxy) is 1. The number of nitrogens with zero attached hydrogens (tertiary/aromatic N) is 1. The molecule has 1 saturated heterocycles. The Bertz CT molecular complexity index is 840. The number of aryl methyl sites for hydroxylation is 2. The van der Waals surface area contributed by atoms with E-state index in [1.807, 2.05) is 38.1 Å². The molecule has 6 nitrogen and oxygen atoms in total. The minimum absolute atomic E-state index is 0.405. The van der Waals surface area contributed by atoms with Crippen molar-refractivity contribution in [3.63, 3.8) is 0 Å². The van der Waals surface area contributed by atoms with Crippen LogP contribution in [0.4, 0.5) is 17.1 Å². The van der Waals surface area contributed by atoms with Gasteiger partial charge in [0, 0.05) is 13.1 Å². The summed E-state index contributed by atoms with van der Waals surface area (Å²) >= 11 is 6.21. The summed E-state index contributed by atoms with van der Waals surface area (Å²) < 4.78 is 5.37. The molecule has 7 heteroatoms. The maximum absolute atomic E-state index is 12.4. The van der Waals surface area contributed by atoms with Crippen LogP contribution in [-0.2, 0) is 14.3 Å². The number of benzene rings is 2. The van der Waals surface area contributed by atoms with Crippen molar-refractivity contribution in [2.75, 3.05) is 41.8 Å². The molecule has 142 valence electrons. The van der Waals surface area contributed by atoms with Crippen LogP contribution in [0.2, 0.25) is 5.02 Å². The Hall–Kier alpha value is -2.57. The maximum atomic E-state index is 12.4. The van der Waals surface area contributed by atoms with Gasteiger partial charge in [0.25, 0.3) is 0 Å².